The van der Waals surface area contributed by atoms with Gasteiger partial charge in [-0.25, -0.2) is 9.97 Å². The Morgan fingerprint density at radius 2 is 1.81 bits per heavy atom. The van der Waals surface area contributed by atoms with Crippen molar-refractivity contribution in [1.29, 1.82) is 5.26 Å². The van der Waals surface area contributed by atoms with Gasteiger partial charge in [0.15, 0.2) is 0 Å². The number of carbonyl (C=O) groups is 1. The SMILES string of the molecule is COc1ccccc1Nc1cc(C(=O)Nc2ccccc2C#N)ncn1. The number of nitriles is 1. The lowest BCUT2D eigenvalue weighted by atomic mass is 10.2. The number of benzene rings is 2. The van der Waals surface area contributed by atoms with Crippen molar-refractivity contribution in [3.63, 3.8) is 0 Å². The lowest BCUT2D eigenvalue weighted by Crippen LogP contribution is -2.15. The highest BCUT2D eigenvalue weighted by Gasteiger charge is 2.12. The summed E-state index contributed by atoms with van der Waals surface area (Å²) in [6, 6.07) is 17.7. The second-order valence-electron chi connectivity index (χ2n) is 5.23. The Morgan fingerprint density at radius 3 is 2.58 bits per heavy atom. The molecule has 1 amide bonds. The van der Waals surface area contributed by atoms with Gasteiger partial charge in [0.2, 0.25) is 0 Å². The Kier molecular flexibility index (Phi) is 5.05. The van der Waals surface area contributed by atoms with E-state index >= 15 is 0 Å². The Morgan fingerprint density at radius 1 is 1.08 bits per heavy atom. The predicted molar refractivity (Wildman–Crippen MR) is 97.4 cm³/mol. The highest BCUT2D eigenvalue weighted by Crippen LogP contribution is 2.26. The first kappa shape index (κ1) is 16.9. The number of hydrogen-bond acceptors (Lipinski definition) is 6. The summed E-state index contributed by atoms with van der Waals surface area (Å²) in [5.74, 6) is 0.668. The van der Waals surface area contributed by atoms with Crippen LogP contribution in [0.1, 0.15) is 16.1 Å². The van der Waals surface area contributed by atoms with Gasteiger partial charge in [-0.05, 0) is 24.3 Å². The van der Waals surface area contributed by atoms with Crippen LogP contribution in [0.15, 0.2) is 60.9 Å². The Bertz CT molecular complexity index is 981. The van der Waals surface area contributed by atoms with Crippen molar-refractivity contribution in [2.24, 2.45) is 0 Å². The molecule has 0 aliphatic carbocycles. The molecule has 0 bridgehead atoms. The lowest BCUT2D eigenvalue weighted by Gasteiger charge is -2.11. The largest absolute Gasteiger partial charge is 0.495 e. The number of nitrogens with zero attached hydrogens (tertiary/aromatic N) is 3. The highest BCUT2D eigenvalue weighted by molar-refractivity contribution is 6.04. The number of nitrogens with one attached hydrogen (secondary N) is 2. The molecule has 0 radical (unpaired) electrons. The van der Waals surface area contributed by atoms with Gasteiger partial charge < -0.3 is 15.4 Å². The van der Waals surface area contributed by atoms with Crippen molar-refractivity contribution in [2.45, 2.75) is 0 Å². The van der Waals surface area contributed by atoms with Gasteiger partial charge in [0.25, 0.3) is 5.91 Å². The predicted octanol–water partition coefficient (Wildman–Crippen LogP) is 3.35. The molecule has 0 fully saturated rings. The van der Waals surface area contributed by atoms with Crippen molar-refractivity contribution < 1.29 is 9.53 Å². The summed E-state index contributed by atoms with van der Waals surface area (Å²) in [5, 5.41) is 14.9. The molecule has 2 N–H and O–H groups in total. The monoisotopic (exact) mass is 345 g/mol. The Hall–Kier alpha value is -3.92. The fourth-order valence-corrected chi connectivity index (χ4v) is 2.31. The lowest BCUT2D eigenvalue weighted by molar-refractivity contribution is 0.102. The van der Waals surface area contributed by atoms with E-state index in [2.05, 4.69) is 20.6 Å². The summed E-state index contributed by atoms with van der Waals surface area (Å²) in [6.45, 7) is 0. The average Bonchev–Trinajstić information content (AvgIpc) is 2.69. The van der Waals surface area contributed by atoms with E-state index in [1.165, 1.54) is 12.4 Å². The topological polar surface area (TPSA) is 99.9 Å². The van der Waals surface area contributed by atoms with Crippen molar-refractivity contribution in [1.82, 2.24) is 9.97 Å². The molecule has 0 spiro atoms. The van der Waals surface area contributed by atoms with Crippen LogP contribution < -0.4 is 15.4 Å². The maximum atomic E-state index is 12.4. The average molecular weight is 345 g/mol. The summed E-state index contributed by atoms with van der Waals surface area (Å²) >= 11 is 0. The first-order valence-electron chi connectivity index (χ1n) is 7.74. The third-order valence-corrected chi connectivity index (χ3v) is 3.57. The molecular formula is C19H15N5O2. The molecule has 7 nitrogen and oxygen atoms in total. The fourth-order valence-electron chi connectivity index (χ4n) is 2.31. The van der Waals surface area contributed by atoms with E-state index in [-0.39, 0.29) is 5.69 Å². The molecule has 1 heterocycles. The van der Waals surface area contributed by atoms with Crippen molar-refractivity contribution in [3.8, 4) is 11.8 Å². The zero-order valence-electron chi connectivity index (χ0n) is 13.9. The minimum Gasteiger partial charge on any atom is -0.495 e. The van der Waals surface area contributed by atoms with Crippen molar-refractivity contribution >= 4 is 23.1 Å². The van der Waals surface area contributed by atoms with E-state index in [0.29, 0.717) is 22.8 Å². The van der Waals surface area contributed by atoms with Gasteiger partial charge in [-0.2, -0.15) is 5.26 Å². The summed E-state index contributed by atoms with van der Waals surface area (Å²) in [6.07, 6.45) is 1.29. The van der Waals surface area contributed by atoms with Crippen LogP contribution in [0.2, 0.25) is 0 Å². The Labute approximate surface area is 150 Å². The summed E-state index contributed by atoms with van der Waals surface area (Å²) in [5.41, 5.74) is 1.69. The van der Waals surface area contributed by atoms with Gasteiger partial charge in [0.05, 0.1) is 24.0 Å². The minimum absolute atomic E-state index is 0.171. The van der Waals surface area contributed by atoms with E-state index < -0.39 is 5.91 Å². The van der Waals surface area contributed by atoms with Crippen LogP contribution in [0, 0.1) is 11.3 Å². The first-order chi connectivity index (χ1) is 12.7. The standard InChI is InChI=1S/C19H15N5O2/c1-26-17-9-5-4-8-15(17)23-18-10-16(21-12-22-18)19(25)24-14-7-3-2-6-13(14)11-20/h2-10,12H,1H3,(H,24,25)(H,21,22,23). The molecule has 0 unspecified atom stereocenters. The van der Waals surface area contributed by atoms with Crippen LogP contribution in [0.25, 0.3) is 0 Å². The van der Waals surface area contributed by atoms with Crippen LogP contribution in [-0.4, -0.2) is 23.0 Å². The van der Waals surface area contributed by atoms with E-state index in [1.807, 2.05) is 30.3 Å². The smallest absolute Gasteiger partial charge is 0.274 e. The molecule has 0 aliphatic heterocycles. The Balaban J connectivity index is 1.81. The maximum absolute atomic E-state index is 12.4. The van der Waals surface area contributed by atoms with Crippen molar-refractivity contribution in [3.05, 3.63) is 72.2 Å². The molecule has 3 rings (SSSR count). The molecule has 0 aliphatic rings. The molecular weight excluding hydrogens is 330 g/mol. The van der Waals surface area contributed by atoms with E-state index in [1.54, 1.807) is 31.4 Å². The molecule has 7 heteroatoms. The van der Waals surface area contributed by atoms with Gasteiger partial charge in [-0.15, -0.1) is 0 Å². The molecule has 0 atom stereocenters. The fraction of sp³-hybridized carbons (Fsp3) is 0.0526. The molecule has 3 aromatic rings. The maximum Gasteiger partial charge on any atom is 0.274 e. The van der Waals surface area contributed by atoms with Gasteiger partial charge >= 0.3 is 0 Å². The number of rotatable bonds is 5. The number of anilines is 3. The number of carbonyl (C=O) groups excluding carboxylic acids is 1. The molecule has 0 saturated heterocycles. The quantitative estimate of drug-likeness (QED) is 0.735. The molecule has 0 saturated carbocycles. The molecule has 26 heavy (non-hydrogen) atoms. The zero-order valence-corrected chi connectivity index (χ0v) is 13.9. The second-order valence-corrected chi connectivity index (χ2v) is 5.23. The molecule has 1 aromatic heterocycles. The summed E-state index contributed by atoms with van der Waals surface area (Å²) < 4.78 is 5.28. The van der Waals surface area contributed by atoms with Crippen LogP contribution in [0.5, 0.6) is 5.75 Å². The molecule has 2 aromatic carbocycles. The van der Waals surface area contributed by atoms with Gasteiger partial charge in [0, 0.05) is 6.07 Å². The van der Waals surface area contributed by atoms with Crippen molar-refractivity contribution in [2.75, 3.05) is 17.7 Å². The number of aromatic nitrogens is 2. The number of ether oxygens (including phenoxy) is 1. The third-order valence-electron chi connectivity index (χ3n) is 3.57. The third kappa shape index (κ3) is 3.76. The van der Waals surface area contributed by atoms with Crippen LogP contribution >= 0.6 is 0 Å². The summed E-state index contributed by atoms with van der Waals surface area (Å²) in [4.78, 5) is 20.6. The number of amides is 1. The van der Waals surface area contributed by atoms with Crippen LogP contribution in [0.4, 0.5) is 17.2 Å². The normalized spacial score (nSPS) is 9.85. The summed E-state index contributed by atoms with van der Waals surface area (Å²) in [7, 11) is 1.58. The van der Waals surface area contributed by atoms with Gasteiger partial charge in [0.1, 0.15) is 29.7 Å². The molecule has 128 valence electrons. The first-order valence-corrected chi connectivity index (χ1v) is 7.74. The van der Waals surface area contributed by atoms with E-state index in [4.69, 9.17) is 10.00 Å². The highest BCUT2D eigenvalue weighted by atomic mass is 16.5. The second kappa shape index (κ2) is 7.77. The van der Waals surface area contributed by atoms with E-state index in [9.17, 15) is 4.79 Å². The zero-order chi connectivity index (χ0) is 18.4. The van der Waals surface area contributed by atoms with E-state index in [0.717, 1.165) is 5.69 Å². The van der Waals surface area contributed by atoms with Crippen LogP contribution in [-0.2, 0) is 0 Å². The van der Waals surface area contributed by atoms with Crippen LogP contribution in [0.3, 0.4) is 0 Å². The number of hydrogen-bond donors (Lipinski definition) is 2. The number of methoxy groups -OCH3 is 1. The van der Waals surface area contributed by atoms with Gasteiger partial charge in [-0.3, -0.25) is 4.79 Å². The number of para-hydroxylation sites is 3. The van der Waals surface area contributed by atoms with Gasteiger partial charge in [-0.1, -0.05) is 24.3 Å². The minimum atomic E-state index is -0.432.